The Morgan fingerprint density at radius 2 is 1.18 bits per heavy atom. The number of alkyl halides is 4. The SMILES string of the molecule is Cn1c(-c2ccc(Cl)cc2OC(F)F)nnc1-c1ccc(Cl)cc1OC(F)F. The number of benzene rings is 2. The van der Waals surface area contributed by atoms with Gasteiger partial charge >= 0.3 is 13.2 Å². The molecule has 148 valence electrons. The smallest absolute Gasteiger partial charge is 0.387 e. The number of hydrogen-bond acceptors (Lipinski definition) is 4. The first-order valence-corrected chi connectivity index (χ1v) is 8.40. The van der Waals surface area contributed by atoms with Gasteiger partial charge in [-0.15, -0.1) is 10.2 Å². The molecule has 3 aromatic rings. The fourth-order valence-corrected chi connectivity index (χ4v) is 2.87. The lowest BCUT2D eigenvalue weighted by Crippen LogP contribution is -2.06. The number of aromatic nitrogens is 3. The molecule has 0 saturated heterocycles. The highest BCUT2D eigenvalue weighted by Crippen LogP contribution is 2.37. The van der Waals surface area contributed by atoms with E-state index in [4.69, 9.17) is 23.2 Å². The molecule has 0 N–H and O–H groups in total. The average Bonchev–Trinajstić information content (AvgIpc) is 2.95. The molecule has 0 saturated carbocycles. The van der Waals surface area contributed by atoms with Gasteiger partial charge in [0.05, 0.1) is 11.1 Å². The van der Waals surface area contributed by atoms with Gasteiger partial charge in [-0.25, -0.2) is 0 Å². The Morgan fingerprint density at radius 1 is 0.786 bits per heavy atom. The number of rotatable bonds is 6. The summed E-state index contributed by atoms with van der Waals surface area (Å²) in [4.78, 5) is 0. The van der Waals surface area contributed by atoms with E-state index in [1.807, 2.05) is 0 Å². The third-order valence-electron chi connectivity index (χ3n) is 3.68. The molecule has 0 fully saturated rings. The van der Waals surface area contributed by atoms with E-state index in [-0.39, 0.29) is 44.3 Å². The Kier molecular flexibility index (Phi) is 5.95. The van der Waals surface area contributed by atoms with Crippen molar-refractivity contribution in [1.29, 1.82) is 0 Å². The summed E-state index contributed by atoms with van der Waals surface area (Å²) >= 11 is 11.7. The van der Waals surface area contributed by atoms with Crippen LogP contribution in [0.4, 0.5) is 17.6 Å². The van der Waals surface area contributed by atoms with Gasteiger partial charge in [0.1, 0.15) is 11.5 Å². The van der Waals surface area contributed by atoms with Crippen LogP contribution in [0.3, 0.4) is 0 Å². The second-order valence-corrected chi connectivity index (χ2v) is 6.32. The van der Waals surface area contributed by atoms with Crippen molar-refractivity contribution in [1.82, 2.24) is 14.8 Å². The van der Waals surface area contributed by atoms with Crippen molar-refractivity contribution >= 4 is 23.2 Å². The van der Waals surface area contributed by atoms with Crippen LogP contribution in [0.25, 0.3) is 22.8 Å². The third-order valence-corrected chi connectivity index (χ3v) is 4.15. The van der Waals surface area contributed by atoms with Crippen molar-refractivity contribution < 1.29 is 27.0 Å². The van der Waals surface area contributed by atoms with Crippen molar-refractivity contribution in [2.24, 2.45) is 7.05 Å². The zero-order valence-corrected chi connectivity index (χ0v) is 15.6. The van der Waals surface area contributed by atoms with Crippen LogP contribution >= 0.6 is 23.2 Å². The first-order chi connectivity index (χ1) is 13.3. The lowest BCUT2D eigenvalue weighted by Gasteiger charge is -2.13. The van der Waals surface area contributed by atoms with Crippen LogP contribution in [-0.2, 0) is 7.05 Å². The van der Waals surface area contributed by atoms with Gasteiger partial charge in [0.2, 0.25) is 0 Å². The molecule has 2 aromatic carbocycles. The van der Waals surface area contributed by atoms with Gasteiger partial charge in [-0.05, 0) is 36.4 Å². The van der Waals surface area contributed by atoms with E-state index in [0.29, 0.717) is 0 Å². The van der Waals surface area contributed by atoms with Crippen molar-refractivity contribution in [3.8, 4) is 34.3 Å². The maximum atomic E-state index is 12.7. The van der Waals surface area contributed by atoms with E-state index in [1.54, 1.807) is 0 Å². The Hall–Kier alpha value is -2.52. The zero-order chi connectivity index (χ0) is 20.4. The van der Waals surface area contributed by atoms with Crippen LogP contribution in [-0.4, -0.2) is 28.0 Å². The minimum absolute atomic E-state index is 0.153. The minimum Gasteiger partial charge on any atom is -0.434 e. The minimum atomic E-state index is -3.08. The van der Waals surface area contributed by atoms with Crippen LogP contribution in [0.2, 0.25) is 10.0 Å². The largest absolute Gasteiger partial charge is 0.434 e. The van der Waals surface area contributed by atoms with Crippen LogP contribution in [0.1, 0.15) is 0 Å². The summed E-state index contributed by atoms with van der Waals surface area (Å²) in [6, 6.07) is 8.24. The highest BCUT2D eigenvalue weighted by Gasteiger charge is 2.21. The van der Waals surface area contributed by atoms with Crippen molar-refractivity contribution in [3.63, 3.8) is 0 Å². The second kappa shape index (κ2) is 8.24. The summed E-state index contributed by atoms with van der Waals surface area (Å²) in [5, 5.41) is 8.32. The predicted molar refractivity (Wildman–Crippen MR) is 95.2 cm³/mol. The topological polar surface area (TPSA) is 49.2 Å². The summed E-state index contributed by atoms with van der Waals surface area (Å²) in [6.07, 6.45) is 0. The Bertz CT molecular complexity index is 922. The van der Waals surface area contributed by atoms with Crippen LogP contribution in [0.15, 0.2) is 36.4 Å². The van der Waals surface area contributed by atoms with E-state index >= 15 is 0 Å². The maximum Gasteiger partial charge on any atom is 0.387 e. The molecule has 0 spiro atoms. The van der Waals surface area contributed by atoms with E-state index in [9.17, 15) is 17.6 Å². The summed E-state index contributed by atoms with van der Waals surface area (Å²) in [7, 11) is 1.53. The van der Waals surface area contributed by atoms with Crippen LogP contribution < -0.4 is 9.47 Å². The van der Waals surface area contributed by atoms with Gasteiger partial charge in [-0.3, -0.25) is 0 Å². The summed E-state index contributed by atoms with van der Waals surface area (Å²) in [5.41, 5.74) is 0.382. The Morgan fingerprint density at radius 3 is 1.54 bits per heavy atom. The van der Waals surface area contributed by atoms with Gasteiger partial charge in [-0.2, -0.15) is 17.6 Å². The predicted octanol–water partition coefficient (Wildman–Crippen LogP) is 5.66. The van der Waals surface area contributed by atoms with Crippen LogP contribution in [0.5, 0.6) is 11.5 Å². The molecule has 1 aromatic heterocycles. The van der Waals surface area contributed by atoms with E-state index < -0.39 is 13.2 Å². The quantitative estimate of drug-likeness (QED) is 0.468. The first-order valence-electron chi connectivity index (χ1n) is 7.65. The van der Waals surface area contributed by atoms with Crippen molar-refractivity contribution in [2.75, 3.05) is 0 Å². The molecule has 28 heavy (non-hydrogen) atoms. The molecule has 0 radical (unpaired) electrons. The molecule has 0 aliphatic rings. The van der Waals surface area contributed by atoms with E-state index in [1.165, 1.54) is 48.0 Å². The molecule has 0 aliphatic heterocycles. The molecular weight excluding hydrogens is 425 g/mol. The second-order valence-electron chi connectivity index (χ2n) is 5.44. The number of hydrogen-bond donors (Lipinski definition) is 0. The van der Waals surface area contributed by atoms with Gasteiger partial charge in [0.25, 0.3) is 0 Å². The summed E-state index contributed by atoms with van der Waals surface area (Å²) in [5.74, 6) is -0.102. The summed E-state index contributed by atoms with van der Waals surface area (Å²) < 4.78 is 61.3. The third kappa shape index (κ3) is 4.31. The highest BCUT2D eigenvalue weighted by molar-refractivity contribution is 6.31. The molecule has 0 unspecified atom stereocenters. The number of nitrogens with zero attached hydrogens (tertiary/aromatic N) is 3. The normalized spacial score (nSPS) is 11.3. The molecule has 1 heterocycles. The molecule has 5 nitrogen and oxygen atoms in total. The Balaban J connectivity index is 2.10. The number of ether oxygens (including phenoxy) is 2. The lowest BCUT2D eigenvalue weighted by molar-refractivity contribution is -0.0501. The van der Waals surface area contributed by atoms with Crippen LogP contribution in [0, 0.1) is 0 Å². The molecule has 0 amide bonds. The average molecular weight is 436 g/mol. The maximum absolute atomic E-state index is 12.7. The molecule has 0 atom stereocenters. The van der Waals surface area contributed by atoms with E-state index in [2.05, 4.69) is 19.7 Å². The molecule has 11 heteroatoms. The van der Waals surface area contributed by atoms with Gasteiger partial charge in [0.15, 0.2) is 11.6 Å². The fourth-order valence-electron chi connectivity index (χ4n) is 2.55. The Labute approximate surface area is 166 Å². The van der Waals surface area contributed by atoms with Crippen molar-refractivity contribution in [2.45, 2.75) is 13.2 Å². The molecular formula is C17H11Cl2F4N3O2. The molecule has 0 aliphatic carbocycles. The van der Waals surface area contributed by atoms with E-state index in [0.717, 1.165) is 0 Å². The fraction of sp³-hybridized carbons (Fsp3) is 0.176. The highest BCUT2D eigenvalue weighted by atomic mass is 35.5. The van der Waals surface area contributed by atoms with Gasteiger partial charge < -0.3 is 14.0 Å². The van der Waals surface area contributed by atoms with Gasteiger partial charge in [0, 0.05) is 17.1 Å². The summed E-state index contributed by atoms with van der Waals surface area (Å²) in [6.45, 7) is -6.15. The first kappa shape index (κ1) is 20.2. The monoisotopic (exact) mass is 435 g/mol. The number of halogens is 6. The molecule has 3 rings (SSSR count). The van der Waals surface area contributed by atoms with Crippen molar-refractivity contribution in [3.05, 3.63) is 46.4 Å². The van der Waals surface area contributed by atoms with Gasteiger partial charge in [-0.1, -0.05) is 23.2 Å². The zero-order valence-electron chi connectivity index (χ0n) is 14.0. The standard InChI is InChI=1S/C17H11Cl2F4N3O2/c1-26-14(10-4-2-8(18)6-12(10)27-16(20)21)24-25-15(26)11-5-3-9(19)7-13(11)28-17(22)23/h2-7,16-17H,1H3. The molecule has 0 bridgehead atoms. The lowest BCUT2D eigenvalue weighted by atomic mass is 10.1.